The Kier molecular flexibility index (Phi) is 5.76. The molecule has 1 aromatic rings. The summed E-state index contributed by atoms with van der Waals surface area (Å²) >= 11 is 5.79. The Hall–Kier alpha value is -1.46. The van der Waals surface area contributed by atoms with Crippen LogP contribution in [0.3, 0.4) is 0 Å². The number of nitrogens with one attached hydrogen (secondary N) is 1. The van der Waals surface area contributed by atoms with Gasteiger partial charge in [0.15, 0.2) is 0 Å². The second-order valence-corrected chi connectivity index (χ2v) is 6.96. The average molecular weight is 366 g/mol. The standard InChI is InChI=1S/C12H16ClN3O6S/c13-9-1-2-10(16(18)19)11(17)12(9)23(20,21)14-3-4-15-5-7-22-8-6-15/h1-2,14,17H,3-8H2. The fourth-order valence-electron chi connectivity index (χ4n) is 2.17. The highest BCUT2D eigenvalue weighted by atomic mass is 35.5. The molecule has 1 saturated heterocycles. The van der Waals surface area contributed by atoms with Gasteiger partial charge in [0.1, 0.15) is 4.90 Å². The lowest BCUT2D eigenvalue weighted by Gasteiger charge is -2.26. The highest BCUT2D eigenvalue weighted by Crippen LogP contribution is 2.37. The molecule has 0 aliphatic carbocycles. The van der Waals surface area contributed by atoms with E-state index < -0.39 is 31.3 Å². The molecule has 9 nitrogen and oxygen atoms in total. The van der Waals surface area contributed by atoms with E-state index in [1.165, 1.54) is 0 Å². The molecule has 0 atom stereocenters. The number of nitrogens with zero attached hydrogens (tertiary/aromatic N) is 2. The summed E-state index contributed by atoms with van der Waals surface area (Å²) in [5, 5.41) is 20.4. The summed E-state index contributed by atoms with van der Waals surface area (Å²) < 4.78 is 32.0. The van der Waals surface area contributed by atoms with Crippen LogP contribution in [0.15, 0.2) is 17.0 Å². The molecule has 128 valence electrons. The van der Waals surface area contributed by atoms with Crippen molar-refractivity contribution in [1.82, 2.24) is 9.62 Å². The smallest absolute Gasteiger partial charge is 0.312 e. The summed E-state index contributed by atoms with van der Waals surface area (Å²) in [5.41, 5.74) is -0.719. The van der Waals surface area contributed by atoms with Crippen molar-refractivity contribution in [2.75, 3.05) is 39.4 Å². The van der Waals surface area contributed by atoms with Crippen LogP contribution in [0.1, 0.15) is 0 Å². The number of phenols is 1. The molecule has 0 amide bonds. The molecule has 1 aliphatic rings. The first-order chi connectivity index (χ1) is 10.8. The summed E-state index contributed by atoms with van der Waals surface area (Å²) in [7, 11) is -4.17. The van der Waals surface area contributed by atoms with Crippen LogP contribution in [-0.4, -0.2) is 62.7 Å². The predicted octanol–water partition coefficient (Wildman–Crippen LogP) is 0.564. The molecule has 0 aromatic heterocycles. The number of phenolic OH excluding ortho intramolecular Hbond substituents is 1. The van der Waals surface area contributed by atoms with Gasteiger partial charge in [-0.25, -0.2) is 13.1 Å². The third-order valence-corrected chi connectivity index (χ3v) is 5.31. The Morgan fingerprint density at radius 1 is 1.39 bits per heavy atom. The van der Waals surface area contributed by atoms with E-state index in [9.17, 15) is 23.6 Å². The second-order valence-electron chi connectivity index (χ2n) is 4.85. The Labute approximate surface area is 138 Å². The SMILES string of the molecule is O=[N+]([O-])c1ccc(Cl)c(S(=O)(=O)NCCN2CCOCC2)c1O. The zero-order valence-corrected chi connectivity index (χ0v) is 13.6. The molecule has 0 radical (unpaired) electrons. The van der Waals surface area contributed by atoms with E-state index in [2.05, 4.69) is 4.72 Å². The predicted molar refractivity (Wildman–Crippen MR) is 82.2 cm³/mol. The van der Waals surface area contributed by atoms with Crippen LogP contribution < -0.4 is 4.72 Å². The van der Waals surface area contributed by atoms with Gasteiger partial charge in [0, 0.05) is 32.2 Å². The Bertz CT molecular complexity index is 690. The minimum Gasteiger partial charge on any atom is -0.501 e. The first-order valence-corrected chi connectivity index (χ1v) is 8.64. The number of nitro groups is 1. The topological polar surface area (TPSA) is 122 Å². The number of halogens is 1. The van der Waals surface area contributed by atoms with Gasteiger partial charge in [0.05, 0.1) is 23.2 Å². The van der Waals surface area contributed by atoms with Gasteiger partial charge in [-0.05, 0) is 6.07 Å². The number of sulfonamides is 1. The number of benzene rings is 1. The molecule has 23 heavy (non-hydrogen) atoms. The van der Waals surface area contributed by atoms with Gasteiger partial charge in [0.25, 0.3) is 0 Å². The van der Waals surface area contributed by atoms with Crippen molar-refractivity contribution in [1.29, 1.82) is 0 Å². The third-order valence-electron chi connectivity index (χ3n) is 3.35. The number of rotatable bonds is 6. The van der Waals surface area contributed by atoms with Crippen molar-refractivity contribution in [2.45, 2.75) is 4.90 Å². The summed E-state index contributed by atoms with van der Waals surface area (Å²) in [5.74, 6) is -0.971. The number of morpholine rings is 1. The number of hydrogen-bond acceptors (Lipinski definition) is 7. The molecular weight excluding hydrogens is 350 g/mol. The summed E-state index contributed by atoms with van der Waals surface area (Å²) in [6.45, 7) is 3.11. The van der Waals surface area contributed by atoms with Crippen molar-refractivity contribution in [3.63, 3.8) is 0 Å². The molecule has 1 aliphatic heterocycles. The number of ether oxygens (including phenoxy) is 1. The first-order valence-electron chi connectivity index (χ1n) is 6.78. The van der Waals surface area contributed by atoms with Crippen molar-refractivity contribution < 1.29 is 23.2 Å². The number of aromatic hydroxyl groups is 1. The van der Waals surface area contributed by atoms with Crippen molar-refractivity contribution >= 4 is 27.3 Å². The minimum absolute atomic E-state index is 0.0841. The lowest BCUT2D eigenvalue weighted by molar-refractivity contribution is -0.386. The van der Waals surface area contributed by atoms with E-state index in [-0.39, 0.29) is 11.6 Å². The fourth-order valence-corrected chi connectivity index (χ4v) is 3.82. The van der Waals surface area contributed by atoms with Gasteiger partial charge in [-0.2, -0.15) is 0 Å². The van der Waals surface area contributed by atoms with E-state index in [1.807, 2.05) is 4.90 Å². The van der Waals surface area contributed by atoms with Gasteiger partial charge in [-0.3, -0.25) is 15.0 Å². The summed E-state index contributed by atoms with van der Waals surface area (Å²) in [4.78, 5) is 11.3. The molecule has 1 heterocycles. The molecule has 0 unspecified atom stereocenters. The Morgan fingerprint density at radius 2 is 2.04 bits per heavy atom. The molecule has 1 fully saturated rings. The van der Waals surface area contributed by atoms with Gasteiger partial charge >= 0.3 is 5.69 Å². The molecule has 0 saturated carbocycles. The monoisotopic (exact) mass is 365 g/mol. The third kappa shape index (κ3) is 4.30. The van der Waals surface area contributed by atoms with Crippen LogP contribution in [0.25, 0.3) is 0 Å². The molecular formula is C12H16ClN3O6S. The number of hydrogen-bond donors (Lipinski definition) is 2. The summed E-state index contributed by atoms with van der Waals surface area (Å²) in [6.07, 6.45) is 0. The van der Waals surface area contributed by atoms with Crippen molar-refractivity contribution in [2.24, 2.45) is 0 Å². The maximum atomic E-state index is 12.3. The maximum absolute atomic E-state index is 12.3. The lowest BCUT2D eigenvalue weighted by Crippen LogP contribution is -2.41. The quantitative estimate of drug-likeness (QED) is 0.558. The van der Waals surface area contributed by atoms with Crippen molar-refractivity contribution in [3.8, 4) is 5.75 Å². The van der Waals surface area contributed by atoms with Crippen LogP contribution in [-0.2, 0) is 14.8 Å². The zero-order valence-electron chi connectivity index (χ0n) is 12.1. The Morgan fingerprint density at radius 3 is 2.65 bits per heavy atom. The van der Waals surface area contributed by atoms with Gasteiger partial charge in [-0.15, -0.1) is 0 Å². The van der Waals surface area contributed by atoms with E-state index in [0.717, 1.165) is 12.1 Å². The van der Waals surface area contributed by atoms with E-state index >= 15 is 0 Å². The van der Waals surface area contributed by atoms with E-state index in [4.69, 9.17) is 16.3 Å². The largest absolute Gasteiger partial charge is 0.501 e. The molecule has 0 spiro atoms. The molecule has 2 rings (SSSR count). The van der Waals surface area contributed by atoms with Gasteiger partial charge in [-0.1, -0.05) is 11.6 Å². The molecule has 2 N–H and O–H groups in total. The van der Waals surface area contributed by atoms with E-state index in [1.54, 1.807) is 0 Å². The van der Waals surface area contributed by atoms with Crippen LogP contribution >= 0.6 is 11.6 Å². The highest BCUT2D eigenvalue weighted by Gasteiger charge is 2.29. The molecule has 11 heteroatoms. The van der Waals surface area contributed by atoms with Gasteiger partial charge in [0.2, 0.25) is 15.8 Å². The minimum atomic E-state index is -4.17. The second kappa shape index (κ2) is 7.41. The average Bonchev–Trinajstić information content (AvgIpc) is 2.47. The summed E-state index contributed by atoms with van der Waals surface area (Å²) in [6, 6.07) is 2.01. The van der Waals surface area contributed by atoms with Crippen LogP contribution in [0.5, 0.6) is 5.75 Å². The molecule has 1 aromatic carbocycles. The first kappa shape index (κ1) is 17.9. The van der Waals surface area contributed by atoms with Crippen LogP contribution in [0.2, 0.25) is 5.02 Å². The van der Waals surface area contributed by atoms with Crippen LogP contribution in [0.4, 0.5) is 5.69 Å². The fraction of sp³-hybridized carbons (Fsp3) is 0.500. The number of nitro benzene ring substituents is 1. The zero-order chi connectivity index (χ0) is 17.0. The lowest BCUT2D eigenvalue weighted by atomic mass is 10.3. The van der Waals surface area contributed by atoms with Gasteiger partial charge < -0.3 is 9.84 Å². The van der Waals surface area contributed by atoms with E-state index in [0.29, 0.717) is 32.8 Å². The highest BCUT2D eigenvalue weighted by molar-refractivity contribution is 7.89. The maximum Gasteiger partial charge on any atom is 0.312 e. The van der Waals surface area contributed by atoms with Crippen molar-refractivity contribution in [3.05, 3.63) is 27.3 Å². The molecule has 0 bridgehead atoms. The normalized spacial score (nSPS) is 16.4. The Balaban J connectivity index is 2.12. The van der Waals surface area contributed by atoms with Crippen LogP contribution in [0, 0.1) is 10.1 Å².